The van der Waals surface area contributed by atoms with Gasteiger partial charge in [-0.05, 0) is 25.2 Å². The highest BCUT2D eigenvalue weighted by atomic mass is 16.5. The molecular formula is C12H24N2O2. The third kappa shape index (κ3) is 4.49. The predicted molar refractivity (Wildman–Crippen MR) is 64.0 cm³/mol. The van der Waals surface area contributed by atoms with E-state index in [0.717, 1.165) is 12.8 Å². The van der Waals surface area contributed by atoms with Crippen LogP contribution >= 0.6 is 0 Å². The van der Waals surface area contributed by atoms with Crippen LogP contribution in [0, 0.1) is 5.92 Å². The Morgan fingerprint density at radius 1 is 1.56 bits per heavy atom. The molecule has 3 unspecified atom stereocenters. The van der Waals surface area contributed by atoms with E-state index in [1.54, 1.807) is 7.11 Å². The van der Waals surface area contributed by atoms with Gasteiger partial charge in [-0.1, -0.05) is 19.8 Å². The highest BCUT2D eigenvalue weighted by molar-refractivity contribution is 5.81. The molecule has 0 saturated heterocycles. The molecule has 1 saturated carbocycles. The molecule has 3 N–H and O–H groups in total. The van der Waals surface area contributed by atoms with E-state index in [1.807, 2.05) is 0 Å². The molecule has 0 aromatic rings. The van der Waals surface area contributed by atoms with Crippen molar-refractivity contribution in [3.8, 4) is 0 Å². The number of ether oxygens (including phenoxy) is 1. The van der Waals surface area contributed by atoms with Crippen LogP contribution in [0.25, 0.3) is 0 Å². The lowest BCUT2D eigenvalue weighted by molar-refractivity contribution is -0.123. The van der Waals surface area contributed by atoms with Gasteiger partial charge < -0.3 is 15.8 Å². The van der Waals surface area contributed by atoms with Crippen molar-refractivity contribution in [3.63, 3.8) is 0 Å². The van der Waals surface area contributed by atoms with E-state index < -0.39 is 6.04 Å². The zero-order valence-corrected chi connectivity index (χ0v) is 10.4. The lowest BCUT2D eigenvalue weighted by Crippen LogP contribution is -2.47. The fourth-order valence-electron chi connectivity index (χ4n) is 2.25. The monoisotopic (exact) mass is 228 g/mol. The van der Waals surface area contributed by atoms with Gasteiger partial charge in [0.2, 0.25) is 5.91 Å². The Morgan fingerprint density at radius 3 is 2.94 bits per heavy atom. The summed E-state index contributed by atoms with van der Waals surface area (Å²) in [7, 11) is 1.62. The van der Waals surface area contributed by atoms with Crippen molar-refractivity contribution in [2.45, 2.75) is 51.1 Å². The SMILES string of the molecule is COCCC(N)C(=O)NC1CCCC(C)C1. The van der Waals surface area contributed by atoms with Crippen LogP contribution in [-0.4, -0.2) is 31.7 Å². The smallest absolute Gasteiger partial charge is 0.237 e. The molecule has 3 atom stereocenters. The standard InChI is InChI=1S/C12H24N2O2/c1-9-4-3-5-10(8-9)14-12(15)11(13)6-7-16-2/h9-11H,3-8,13H2,1-2H3,(H,14,15). The van der Waals surface area contributed by atoms with Gasteiger partial charge >= 0.3 is 0 Å². The molecule has 0 aromatic heterocycles. The Kier molecular flexibility index (Phi) is 5.77. The van der Waals surface area contributed by atoms with Crippen molar-refractivity contribution in [1.29, 1.82) is 0 Å². The molecular weight excluding hydrogens is 204 g/mol. The van der Waals surface area contributed by atoms with Crippen LogP contribution in [0.2, 0.25) is 0 Å². The van der Waals surface area contributed by atoms with E-state index in [9.17, 15) is 4.79 Å². The average Bonchev–Trinajstić information content (AvgIpc) is 2.25. The number of methoxy groups -OCH3 is 1. The van der Waals surface area contributed by atoms with Crippen molar-refractivity contribution in [2.75, 3.05) is 13.7 Å². The van der Waals surface area contributed by atoms with Gasteiger partial charge in [-0.25, -0.2) is 0 Å². The van der Waals surface area contributed by atoms with E-state index in [1.165, 1.54) is 12.8 Å². The second kappa shape index (κ2) is 6.86. The summed E-state index contributed by atoms with van der Waals surface area (Å²) < 4.78 is 4.91. The Morgan fingerprint density at radius 2 is 2.31 bits per heavy atom. The maximum atomic E-state index is 11.7. The fraction of sp³-hybridized carbons (Fsp3) is 0.917. The van der Waals surface area contributed by atoms with E-state index >= 15 is 0 Å². The van der Waals surface area contributed by atoms with Gasteiger partial charge in [0, 0.05) is 19.8 Å². The molecule has 0 bridgehead atoms. The third-order valence-corrected chi connectivity index (χ3v) is 3.25. The van der Waals surface area contributed by atoms with Crippen molar-refractivity contribution < 1.29 is 9.53 Å². The number of carbonyl (C=O) groups excluding carboxylic acids is 1. The average molecular weight is 228 g/mol. The lowest BCUT2D eigenvalue weighted by Gasteiger charge is -2.28. The highest BCUT2D eigenvalue weighted by Gasteiger charge is 2.22. The number of hydrogen-bond acceptors (Lipinski definition) is 3. The van der Waals surface area contributed by atoms with Crippen molar-refractivity contribution in [1.82, 2.24) is 5.32 Å². The van der Waals surface area contributed by atoms with Crippen LogP contribution < -0.4 is 11.1 Å². The third-order valence-electron chi connectivity index (χ3n) is 3.25. The van der Waals surface area contributed by atoms with Crippen LogP contribution in [0.3, 0.4) is 0 Å². The summed E-state index contributed by atoms with van der Waals surface area (Å²) in [5.74, 6) is 0.686. The highest BCUT2D eigenvalue weighted by Crippen LogP contribution is 2.23. The van der Waals surface area contributed by atoms with E-state index in [2.05, 4.69) is 12.2 Å². The van der Waals surface area contributed by atoms with Gasteiger partial charge in [-0.2, -0.15) is 0 Å². The van der Waals surface area contributed by atoms with Gasteiger partial charge in [0.15, 0.2) is 0 Å². The number of hydrogen-bond donors (Lipinski definition) is 2. The number of nitrogens with one attached hydrogen (secondary N) is 1. The predicted octanol–water partition coefficient (Wildman–Crippen LogP) is 1.05. The zero-order valence-electron chi connectivity index (χ0n) is 10.4. The van der Waals surface area contributed by atoms with E-state index in [0.29, 0.717) is 25.0 Å². The molecule has 4 nitrogen and oxygen atoms in total. The van der Waals surface area contributed by atoms with Crippen LogP contribution in [-0.2, 0) is 9.53 Å². The minimum absolute atomic E-state index is 0.0313. The maximum absolute atomic E-state index is 11.7. The maximum Gasteiger partial charge on any atom is 0.237 e. The van der Waals surface area contributed by atoms with E-state index in [4.69, 9.17) is 10.5 Å². The summed E-state index contributed by atoms with van der Waals surface area (Å²) in [5, 5.41) is 3.04. The fourth-order valence-corrected chi connectivity index (χ4v) is 2.25. The Bertz CT molecular complexity index is 221. The van der Waals surface area contributed by atoms with Gasteiger partial charge in [-0.3, -0.25) is 4.79 Å². The number of carbonyl (C=O) groups is 1. The van der Waals surface area contributed by atoms with Crippen LogP contribution in [0.5, 0.6) is 0 Å². The molecule has 1 fully saturated rings. The minimum Gasteiger partial charge on any atom is -0.385 e. The summed E-state index contributed by atoms with van der Waals surface area (Å²) in [5.41, 5.74) is 5.76. The molecule has 16 heavy (non-hydrogen) atoms. The van der Waals surface area contributed by atoms with Gasteiger partial charge in [0.1, 0.15) is 0 Å². The van der Waals surface area contributed by atoms with Gasteiger partial charge in [-0.15, -0.1) is 0 Å². The first-order chi connectivity index (χ1) is 7.63. The topological polar surface area (TPSA) is 64.3 Å². The zero-order chi connectivity index (χ0) is 12.0. The molecule has 0 aromatic carbocycles. The Hall–Kier alpha value is -0.610. The Balaban J connectivity index is 2.26. The molecule has 1 aliphatic rings. The number of nitrogens with two attached hydrogens (primary N) is 1. The second-order valence-corrected chi connectivity index (χ2v) is 4.87. The normalized spacial score (nSPS) is 27.4. The van der Waals surface area contributed by atoms with Crippen LogP contribution in [0.4, 0.5) is 0 Å². The van der Waals surface area contributed by atoms with Crippen molar-refractivity contribution >= 4 is 5.91 Å². The summed E-state index contributed by atoms with van der Waals surface area (Å²) in [6.07, 6.45) is 5.25. The lowest BCUT2D eigenvalue weighted by atomic mass is 9.87. The van der Waals surface area contributed by atoms with Crippen LogP contribution in [0.1, 0.15) is 39.0 Å². The summed E-state index contributed by atoms with van der Waals surface area (Å²) in [6, 6.07) is -0.109. The van der Waals surface area contributed by atoms with Crippen molar-refractivity contribution in [3.05, 3.63) is 0 Å². The Labute approximate surface area is 97.9 Å². The summed E-state index contributed by atoms with van der Waals surface area (Å²) in [6.45, 7) is 2.78. The first kappa shape index (κ1) is 13.5. The first-order valence-electron chi connectivity index (χ1n) is 6.18. The summed E-state index contributed by atoms with van der Waals surface area (Å²) >= 11 is 0. The number of rotatable bonds is 5. The first-order valence-corrected chi connectivity index (χ1v) is 6.18. The van der Waals surface area contributed by atoms with E-state index in [-0.39, 0.29) is 5.91 Å². The largest absolute Gasteiger partial charge is 0.385 e. The molecule has 0 heterocycles. The quantitative estimate of drug-likeness (QED) is 0.739. The second-order valence-electron chi connectivity index (χ2n) is 4.87. The molecule has 1 aliphatic carbocycles. The number of amides is 1. The molecule has 1 rings (SSSR count). The van der Waals surface area contributed by atoms with Crippen LogP contribution in [0.15, 0.2) is 0 Å². The molecule has 1 amide bonds. The molecule has 0 spiro atoms. The molecule has 0 radical (unpaired) electrons. The van der Waals surface area contributed by atoms with Gasteiger partial charge in [0.25, 0.3) is 0 Å². The molecule has 4 heteroatoms. The van der Waals surface area contributed by atoms with Crippen molar-refractivity contribution in [2.24, 2.45) is 11.7 Å². The van der Waals surface area contributed by atoms with Gasteiger partial charge in [0.05, 0.1) is 6.04 Å². The molecule has 94 valence electrons. The summed E-state index contributed by atoms with van der Waals surface area (Å²) in [4.78, 5) is 11.7. The molecule has 0 aliphatic heterocycles. The minimum atomic E-state index is -0.433.